The molecule has 5 heterocycles. The topological polar surface area (TPSA) is 65.5 Å². The van der Waals surface area contributed by atoms with E-state index in [0.29, 0.717) is 44.1 Å². The molecule has 10 heteroatoms. The first kappa shape index (κ1) is 20.0. The second kappa shape index (κ2) is 7.35. The number of anilines is 2. The number of nitrogens with zero attached hydrogens (tertiary/aromatic N) is 6. The summed E-state index contributed by atoms with van der Waals surface area (Å²) in [5.41, 5.74) is 1.46. The highest BCUT2D eigenvalue weighted by atomic mass is 19.4. The molecule has 1 atom stereocenters. The van der Waals surface area contributed by atoms with Crippen LogP contribution in [0.25, 0.3) is 0 Å². The van der Waals surface area contributed by atoms with Gasteiger partial charge in [0.25, 0.3) is 0 Å². The van der Waals surface area contributed by atoms with Crippen LogP contribution in [0, 0.1) is 12.8 Å². The van der Waals surface area contributed by atoms with E-state index < -0.39 is 11.9 Å². The summed E-state index contributed by atoms with van der Waals surface area (Å²) in [5.74, 6) is 1.42. The zero-order valence-corrected chi connectivity index (χ0v) is 17.2. The molecule has 7 nitrogen and oxygen atoms in total. The summed E-state index contributed by atoms with van der Waals surface area (Å²) >= 11 is 0. The summed E-state index contributed by atoms with van der Waals surface area (Å²) in [4.78, 5) is 31.7. The summed E-state index contributed by atoms with van der Waals surface area (Å²) in [5, 5.41) is 0. The molecule has 0 saturated carbocycles. The summed E-state index contributed by atoms with van der Waals surface area (Å²) in [6, 6.07) is 2.61. The minimum Gasteiger partial charge on any atom is -0.371 e. The number of halogens is 3. The highest BCUT2D eigenvalue weighted by molar-refractivity contribution is 5.81. The number of hydrogen-bond donors (Lipinski definition) is 0. The predicted molar refractivity (Wildman–Crippen MR) is 107 cm³/mol. The SMILES string of the molecule is Cc1nc2c(c(N3CCC3)n1)CN(C(=O)[C@@H]1CCN(c3ccnc(C(F)(F)F)c3)C1)C2. The van der Waals surface area contributed by atoms with E-state index >= 15 is 0 Å². The first-order chi connectivity index (χ1) is 14.8. The second-order valence-corrected chi connectivity index (χ2v) is 8.38. The number of pyridine rings is 1. The molecule has 2 aromatic heterocycles. The van der Waals surface area contributed by atoms with Crippen molar-refractivity contribution in [3.05, 3.63) is 41.1 Å². The van der Waals surface area contributed by atoms with Crippen LogP contribution < -0.4 is 9.80 Å². The van der Waals surface area contributed by atoms with Gasteiger partial charge in [0.15, 0.2) is 0 Å². The van der Waals surface area contributed by atoms with Crippen LogP contribution in [0.2, 0.25) is 0 Å². The van der Waals surface area contributed by atoms with Crippen LogP contribution in [0.4, 0.5) is 24.7 Å². The van der Waals surface area contributed by atoms with Crippen LogP contribution in [-0.4, -0.2) is 51.9 Å². The average molecular weight is 432 g/mol. The van der Waals surface area contributed by atoms with Crippen molar-refractivity contribution in [2.75, 3.05) is 36.0 Å². The van der Waals surface area contributed by atoms with Gasteiger partial charge in [0, 0.05) is 43.6 Å². The number of amides is 1. The van der Waals surface area contributed by atoms with E-state index in [-0.39, 0.29) is 11.8 Å². The summed E-state index contributed by atoms with van der Waals surface area (Å²) in [6.45, 7) is 5.70. The van der Waals surface area contributed by atoms with Gasteiger partial charge in [0.2, 0.25) is 5.91 Å². The maximum atomic E-state index is 13.2. The van der Waals surface area contributed by atoms with Crippen molar-refractivity contribution < 1.29 is 18.0 Å². The maximum Gasteiger partial charge on any atom is 0.433 e. The van der Waals surface area contributed by atoms with Crippen molar-refractivity contribution in [3.8, 4) is 0 Å². The zero-order valence-electron chi connectivity index (χ0n) is 17.2. The Morgan fingerprint density at radius 1 is 1.13 bits per heavy atom. The third-order valence-corrected chi connectivity index (χ3v) is 6.28. The van der Waals surface area contributed by atoms with E-state index in [2.05, 4.69) is 19.9 Å². The lowest BCUT2D eigenvalue weighted by molar-refractivity contribution is -0.141. The molecule has 0 aromatic carbocycles. The van der Waals surface area contributed by atoms with E-state index in [0.717, 1.165) is 42.7 Å². The Bertz CT molecular complexity index is 1020. The standard InChI is InChI=1S/C21H23F3N6O/c1-13-26-17-12-30(11-16(17)19(27-13)28-6-2-7-28)20(31)14-4-8-29(10-14)15-3-5-25-18(9-15)21(22,23)24/h3,5,9,14H,2,4,6-8,10-12H2,1H3/t14-/m1/s1. The van der Waals surface area contributed by atoms with Crippen molar-refractivity contribution in [1.82, 2.24) is 19.9 Å². The minimum atomic E-state index is -4.49. The van der Waals surface area contributed by atoms with E-state index in [9.17, 15) is 18.0 Å². The van der Waals surface area contributed by atoms with Crippen molar-refractivity contribution in [3.63, 3.8) is 0 Å². The third-order valence-electron chi connectivity index (χ3n) is 6.28. The predicted octanol–water partition coefficient (Wildman–Crippen LogP) is 2.78. The summed E-state index contributed by atoms with van der Waals surface area (Å²) in [6.07, 6.45) is -1.56. The van der Waals surface area contributed by atoms with Crippen LogP contribution in [0.3, 0.4) is 0 Å². The summed E-state index contributed by atoms with van der Waals surface area (Å²) < 4.78 is 39.0. The fourth-order valence-electron chi connectivity index (χ4n) is 4.53. The van der Waals surface area contributed by atoms with Crippen molar-refractivity contribution in [2.24, 2.45) is 5.92 Å². The van der Waals surface area contributed by atoms with E-state index in [4.69, 9.17) is 0 Å². The lowest BCUT2D eigenvalue weighted by atomic mass is 10.1. The Kier molecular flexibility index (Phi) is 4.75. The van der Waals surface area contributed by atoms with Gasteiger partial charge in [-0.2, -0.15) is 13.2 Å². The average Bonchev–Trinajstić information content (AvgIpc) is 3.33. The van der Waals surface area contributed by atoms with Crippen LogP contribution >= 0.6 is 0 Å². The van der Waals surface area contributed by atoms with E-state index in [1.807, 2.05) is 16.7 Å². The van der Waals surface area contributed by atoms with Crippen LogP contribution in [0.15, 0.2) is 18.3 Å². The quantitative estimate of drug-likeness (QED) is 0.743. The molecule has 31 heavy (non-hydrogen) atoms. The molecule has 0 spiro atoms. The van der Waals surface area contributed by atoms with Crippen LogP contribution in [-0.2, 0) is 24.1 Å². The fourth-order valence-corrected chi connectivity index (χ4v) is 4.53. The Morgan fingerprint density at radius 2 is 1.94 bits per heavy atom. The number of carbonyl (C=O) groups is 1. The third kappa shape index (κ3) is 3.68. The lowest BCUT2D eigenvalue weighted by Gasteiger charge is -2.33. The molecule has 3 aliphatic rings. The highest BCUT2D eigenvalue weighted by Gasteiger charge is 2.38. The number of hydrogen-bond acceptors (Lipinski definition) is 6. The Morgan fingerprint density at radius 3 is 2.65 bits per heavy atom. The number of rotatable bonds is 3. The van der Waals surface area contributed by atoms with Gasteiger partial charge in [0.1, 0.15) is 17.3 Å². The smallest absolute Gasteiger partial charge is 0.371 e. The number of aromatic nitrogens is 3. The Hall–Kier alpha value is -2.91. The molecule has 2 fully saturated rings. The van der Waals surface area contributed by atoms with Crippen LogP contribution in [0.5, 0.6) is 0 Å². The lowest BCUT2D eigenvalue weighted by Crippen LogP contribution is -2.39. The van der Waals surface area contributed by atoms with Gasteiger partial charge in [-0.25, -0.2) is 9.97 Å². The molecule has 5 rings (SSSR count). The molecule has 2 saturated heterocycles. The van der Waals surface area contributed by atoms with Gasteiger partial charge in [0.05, 0.1) is 24.7 Å². The van der Waals surface area contributed by atoms with Gasteiger partial charge in [-0.3, -0.25) is 9.78 Å². The first-order valence-electron chi connectivity index (χ1n) is 10.5. The molecule has 1 amide bonds. The van der Waals surface area contributed by atoms with Gasteiger partial charge in [-0.1, -0.05) is 0 Å². The number of alkyl halides is 3. The van der Waals surface area contributed by atoms with Gasteiger partial charge < -0.3 is 14.7 Å². The Balaban J connectivity index is 1.29. The Labute approximate surface area is 177 Å². The fraction of sp³-hybridized carbons (Fsp3) is 0.524. The summed E-state index contributed by atoms with van der Waals surface area (Å²) in [7, 11) is 0. The molecule has 0 unspecified atom stereocenters. The molecule has 0 aliphatic carbocycles. The molecule has 0 N–H and O–H groups in total. The van der Waals surface area contributed by atoms with E-state index in [1.54, 1.807) is 6.07 Å². The molecular weight excluding hydrogens is 409 g/mol. The molecule has 2 aromatic rings. The second-order valence-electron chi connectivity index (χ2n) is 8.38. The number of aryl methyl sites for hydroxylation is 1. The zero-order chi connectivity index (χ0) is 21.8. The van der Waals surface area contributed by atoms with E-state index in [1.165, 1.54) is 6.20 Å². The van der Waals surface area contributed by atoms with Gasteiger partial charge in [-0.15, -0.1) is 0 Å². The minimum absolute atomic E-state index is 0.0258. The van der Waals surface area contributed by atoms with Crippen molar-refractivity contribution in [1.29, 1.82) is 0 Å². The van der Waals surface area contributed by atoms with Crippen molar-refractivity contribution in [2.45, 2.75) is 39.0 Å². The molecule has 0 bridgehead atoms. The molecular formula is C21H23F3N6O. The number of carbonyl (C=O) groups excluding carboxylic acids is 1. The number of fused-ring (bicyclic) bond motifs is 1. The largest absolute Gasteiger partial charge is 0.433 e. The van der Waals surface area contributed by atoms with Crippen molar-refractivity contribution >= 4 is 17.4 Å². The van der Waals surface area contributed by atoms with Crippen LogP contribution in [0.1, 0.15) is 35.6 Å². The normalized spacial score (nSPS) is 20.8. The molecule has 0 radical (unpaired) electrons. The maximum absolute atomic E-state index is 13.2. The van der Waals surface area contributed by atoms with Gasteiger partial charge in [-0.05, 0) is 31.9 Å². The first-order valence-corrected chi connectivity index (χ1v) is 10.5. The van der Waals surface area contributed by atoms with Gasteiger partial charge >= 0.3 is 6.18 Å². The monoisotopic (exact) mass is 432 g/mol. The molecule has 164 valence electrons. The molecule has 3 aliphatic heterocycles. The highest BCUT2D eigenvalue weighted by Crippen LogP contribution is 2.35.